The highest BCUT2D eigenvalue weighted by Gasteiger charge is 2.33. The molecule has 0 spiro atoms. The number of hydrogen-bond donors (Lipinski definition) is 1. The van der Waals surface area contributed by atoms with Crippen LogP contribution in [0.25, 0.3) is 0 Å². The van der Waals surface area contributed by atoms with Crippen LogP contribution in [0.15, 0.2) is 18.2 Å². The van der Waals surface area contributed by atoms with Crippen molar-refractivity contribution in [1.82, 2.24) is 4.90 Å². The molecule has 0 saturated heterocycles. The minimum atomic E-state index is -0.514. The zero-order chi connectivity index (χ0) is 14.0. The number of carbonyl (C=O) groups is 1. The third-order valence-corrected chi connectivity index (χ3v) is 3.92. The number of nitro benzene ring substituents is 1. The maximum atomic E-state index is 12.4. The lowest BCUT2D eigenvalue weighted by Crippen LogP contribution is -2.35. The van der Waals surface area contributed by atoms with Gasteiger partial charge in [0.1, 0.15) is 0 Å². The molecule has 1 saturated carbocycles. The van der Waals surface area contributed by atoms with Gasteiger partial charge in [0.15, 0.2) is 0 Å². The van der Waals surface area contributed by atoms with E-state index in [4.69, 9.17) is 5.11 Å². The van der Waals surface area contributed by atoms with Crippen LogP contribution in [0, 0.1) is 13.7 Å². The van der Waals surface area contributed by atoms with Crippen molar-refractivity contribution in [2.75, 3.05) is 13.2 Å². The molecule has 6 nitrogen and oxygen atoms in total. The van der Waals surface area contributed by atoms with Crippen LogP contribution in [0.4, 0.5) is 5.69 Å². The molecule has 19 heavy (non-hydrogen) atoms. The first-order chi connectivity index (χ1) is 9.04. The van der Waals surface area contributed by atoms with Gasteiger partial charge in [0, 0.05) is 28.3 Å². The molecular weight excluding hydrogens is 363 g/mol. The highest BCUT2D eigenvalue weighted by Crippen LogP contribution is 2.29. The minimum absolute atomic E-state index is 0.0940. The Hall–Kier alpha value is -1.22. The van der Waals surface area contributed by atoms with Gasteiger partial charge in [0.05, 0.1) is 17.1 Å². The van der Waals surface area contributed by atoms with Crippen LogP contribution >= 0.6 is 22.6 Å². The largest absolute Gasteiger partial charge is 0.395 e. The van der Waals surface area contributed by atoms with Crippen molar-refractivity contribution >= 4 is 34.2 Å². The van der Waals surface area contributed by atoms with E-state index in [2.05, 4.69) is 0 Å². The molecule has 0 aromatic heterocycles. The van der Waals surface area contributed by atoms with Crippen LogP contribution in [0.2, 0.25) is 0 Å². The van der Waals surface area contributed by atoms with Gasteiger partial charge in [0.25, 0.3) is 11.6 Å². The van der Waals surface area contributed by atoms with Gasteiger partial charge in [0.2, 0.25) is 0 Å². The van der Waals surface area contributed by atoms with E-state index in [0.717, 1.165) is 12.8 Å². The summed E-state index contributed by atoms with van der Waals surface area (Å²) in [6.07, 6.45) is 1.86. The summed E-state index contributed by atoms with van der Waals surface area (Å²) in [6.45, 7) is 0.163. The summed E-state index contributed by atoms with van der Waals surface area (Å²) in [5.74, 6) is -0.246. The summed E-state index contributed by atoms with van der Waals surface area (Å²) >= 11 is 1.99. The molecule has 0 heterocycles. The van der Waals surface area contributed by atoms with E-state index < -0.39 is 4.92 Å². The second-order valence-corrected chi connectivity index (χ2v) is 5.54. The number of amides is 1. The summed E-state index contributed by atoms with van der Waals surface area (Å²) in [6, 6.07) is 4.41. The summed E-state index contributed by atoms with van der Waals surface area (Å²) in [5, 5.41) is 19.8. The smallest absolute Gasteiger partial charge is 0.270 e. The molecular formula is C12H13IN2O4. The zero-order valence-corrected chi connectivity index (χ0v) is 12.2. The van der Waals surface area contributed by atoms with Crippen molar-refractivity contribution in [2.24, 2.45) is 0 Å². The van der Waals surface area contributed by atoms with Gasteiger partial charge >= 0.3 is 0 Å². The second-order valence-electron chi connectivity index (χ2n) is 4.37. The van der Waals surface area contributed by atoms with Crippen molar-refractivity contribution in [3.05, 3.63) is 37.4 Å². The van der Waals surface area contributed by atoms with Gasteiger partial charge in [-0.3, -0.25) is 14.9 Å². The number of nitrogens with zero attached hydrogens (tertiary/aromatic N) is 2. The molecule has 0 aliphatic heterocycles. The fraction of sp³-hybridized carbons (Fsp3) is 0.417. The van der Waals surface area contributed by atoms with E-state index in [1.807, 2.05) is 22.6 Å². The van der Waals surface area contributed by atoms with Gasteiger partial charge in [-0.2, -0.15) is 0 Å². The Kier molecular flexibility index (Phi) is 4.35. The van der Waals surface area contributed by atoms with E-state index >= 15 is 0 Å². The average Bonchev–Trinajstić information content (AvgIpc) is 3.19. The lowest BCUT2D eigenvalue weighted by molar-refractivity contribution is -0.384. The molecule has 0 unspecified atom stereocenters. The number of benzene rings is 1. The first kappa shape index (κ1) is 14.2. The average molecular weight is 376 g/mol. The fourth-order valence-electron chi connectivity index (χ4n) is 1.89. The molecule has 1 aliphatic carbocycles. The fourth-order valence-corrected chi connectivity index (χ4v) is 2.46. The Bertz CT molecular complexity index is 516. The zero-order valence-electron chi connectivity index (χ0n) is 10.1. The topological polar surface area (TPSA) is 83.7 Å². The first-order valence-electron chi connectivity index (χ1n) is 5.90. The number of nitro groups is 1. The Morgan fingerprint density at radius 2 is 2.21 bits per heavy atom. The van der Waals surface area contributed by atoms with E-state index in [1.54, 1.807) is 11.0 Å². The molecule has 1 N–H and O–H groups in total. The third-order valence-electron chi connectivity index (χ3n) is 2.98. The maximum Gasteiger partial charge on any atom is 0.270 e. The number of aliphatic hydroxyl groups excluding tert-OH is 1. The molecule has 0 bridgehead atoms. The number of carbonyl (C=O) groups excluding carboxylic acids is 1. The van der Waals surface area contributed by atoms with Crippen molar-refractivity contribution in [3.63, 3.8) is 0 Å². The van der Waals surface area contributed by atoms with Crippen LogP contribution in [0.1, 0.15) is 23.2 Å². The number of aliphatic hydroxyl groups is 1. The SMILES string of the molecule is O=C(c1cc([N+](=O)[O-])ccc1I)N(CCO)C1CC1. The Morgan fingerprint density at radius 3 is 2.74 bits per heavy atom. The van der Waals surface area contributed by atoms with E-state index in [0.29, 0.717) is 9.13 Å². The Labute approximate surface area is 123 Å². The van der Waals surface area contributed by atoms with E-state index in [-0.39, 0.29) is 30.8 Å². The van der Waals surface area contributed by atoms with Crippen molar-refractivity contribution < 1.29 is 14.8 Å². The van der Waals surface area contributed by atoms with Gasteiger partial charge in [-0.15, -0.1) is 0 Å². The molecule has 1 aliphatic rings. The van der Waals surface area contributed by atoms with Gasteiger partial charge in [-0.25, -0.2) is 0 Å². The van der Waals surface area contributed by atoms with Gasteiger partial charge in [-0.1, -0.05) is 0 Å². The van der Waals surface area contributed by atoms with Gasteiger partial charge < -0.3 is 10.0 Å². The minimum Gasteiger partial charge on any atom is -0.395 e. The molecule has 0 radical (unpaired) electrons. The quantitative estimate of drug-likeness (QED) is 0.483. The highest BCUT2D eigenvalue weighted by atomic mass is 127. The monoisotopic (exact) mass is 376 g/mol. The summed E-state index contributed by atoms with van der Waals surface area (Å²) < 4.78 is 0.678. The molecule has 0 atom stereocenters. The number of rotatable bonds is 5. The lowest BCUT2D eigenvalue weighted by atomic mass is 10.1. The standard InChI is InChI=1S/C12H13IN2O4/c13-11-4-3-9(15(18)19)7-10(11)12(17)14(5-6-16)8-1-2-8/h3-4,7-8,16H,1-2,5-6H2. The highest BCUT2D eigenvalue weighted by molar-refractivity contribution is 14.1. The van der Waals surface area contributed by atoms with Crippen molar-refractivity contribution in [3.8, 4) is 0 Å². The molecule has 2 rings (SSSR count). The molecule has 102 valence electrons. The summed E-state index contributed by atoms with van der Waals surface area (Å²) in [4.78, 5) is 24.3. The Morgan fingerprint density at radius 1 is 1.53 bits per heavy atom. The van der Waals surface area contributed by atoms with Crippen LogP contribution < -0.4 is 0 Å². The molecule has 7 heteroatoms. The lowest BCUT2D eigenvalue weighted by Gasteiger charge is -2.21. The number of hydrogen-bond acceptors (Lipinski definition) is 4. The predicted molar refractivity (Wildman–Crippen MR) is 77.0 cm³/mol. The van der Waals surface area contributed by atoms with Crippen LogP contribution in [-0.4, -0.2) is 40.0 Å². The van der Waals surface area contributed by atoms with E-state index in [1.165, 1.54) is 12.1 Å². The van der Waals surface area contributed by atoms with Crippen LogP contribution in [0.5, 0.6) is 0 Å². The first-order valence-corrected chi connectivity index (χ1v) is 6.98. The van der Waals surface area contributed by atoms with Crippen molar-refractivity contribution in [2.45, 2.75) is 18.9 Å². The van der Waals surface area contributed by atoms with Crippen molar-refractivity contribution in [1.29, 1.82) is 0 Å². The summed E-state index contributed by atoms with van der Waals surface area (Å²) in [7, 11) is 0. The number of non-ortho nitro benzene ring substituents is 1. The maximum absolute atomic E-state index is 12.4. The number of halogens is 1. The molecule has 1 amide bonds. The second kappa shape index (κ2) is 5.83. The molecule has 1 fully saturated rings. The van der Waals surface area contributed by atoms with Crippen LogP contribution in [-0.2, 0) is 0 Å². The Balaban J connectivity index is 2.30. The summed E-state index contributed by atoms with van der Waals surface area (Å²) in [5.41, 5.74) is 0.235. The normalized spacial score (nSPS) is 14.2. The van der Waals surface area contributed by atoms with E-state index in [9.17, 15) is 14.9 Å². The predicted octanol–water partition coefficient (Wildman–Crippen LogP) is 1.80. The van der Waals surface area contributed by atoms with Crippen LogP contribution in [0.3, 0.4) is 0 Å². The molecule has 1 aromatic carbocycles. The van der Waals surface area contributed by atoms with Gasteiger partial charge in [-0.05, 0) is 41.5 Å². The molecule has 1 aromatic rings. The third kappa shape index (κ3) is 3.21.